The number of hydrogen-bond acceptors (Lipinski definition) is 3. The molecule has 0 saturated carbocycles. The Morgan fingerprint density at radius 3 is 2.50 bits per heavy atom. The van der Waals surface area contributed by atoms with E-state index in [0.29, 0.717) is 18.6 Å². The SMILES string of the molecule is O=COc1ccc(CCO)cc1. The van der Waals surface area contributed by atoms with Crippen molar-refractivity contribution in [2.24, 2.45) is 0 Å². The van der Waals surface area contributed by atoms with Crippen LogP contribution in [0, 0.1) is 0 Å². The van der Waals surface area contributed by atoms with Gasteiger partial charge in [0.25, 0.3) is 6.47 Å². The second-order valence-electron chi connectivity index (χ2n) is 2.33. The van der Waals surface area contributed by atoms with Crippen molar-refractivity contribution in [1.29, 1.82) is 0 Å². The summed E-state index contributed by atoms with van der Waals surface area (Å²) in [7, 11) is 0. The van der Waals surface area contributed by atoms with E-state index in [1.165, 1.54) is 0 Å². The first-order valence-corrected chi connectivity index (χ1v) is 3.67. The summed E-state index contributed by atoms with van der Waals surface area (Å²) in [6.45, 7) is 0.523. The van der Waals surface area contributed by atoms with E-state index in [9.17, 15) is 4.79 Å². The normalized spacial score (nSPS) is 9.42. The van der Waals surface area contributed by atoms with Crippen LogP contribution in [0.5, 0.6) is 5.75 Å². The van der Waals surface area contributed by atoms with Gasteiger partial charge in [-0.15, -0.1) is 0 Å². The van der Waals surface area contributed by atoms with Crippen molar-refractivity contribution in [3.05, 3.63) is 29.8 Å². The molecule has 1 aromatic rings. The molecule has 1 aromatic carbocycles. The third-order valence-electron chi connectivity index (χ3n) is 1.51. The molecule has 0 saturated heterocycles. The molecular formula is C9H10O3. The third kappa shape index (κ3) is 2.36. The molecule has 0 unspecified atom stereocenters. The molecular weight excluding hydrogens is 156 g/mol. The molecule has 0 radical (unpaired) electrons. The van der Waals surface area contributed by atoms with Crippen molar-refractivity contribution in [3.63, 3.8) is 0 Å². The predicted molar refractivity (Wildman–Crippen MR) is 43.9 cm³/mol. The first-order chi connectivity index (χ1) is 5.86. The number of hydrogen-bond donors (Lipinski definition) is 1. The van der Waals surface area contributed by atoms with E-state index in [4.69, 9.17) is 5.11 Å². The fraction of sp³-hybridized carbons (Fsp3) is 0.222. The largest absolute Gasteiger partial charge is 0.429 e. The number of rotatable bonds is 4. The lowest BCUT2D eigenvalue weighted by atomic mass is 10.1. The minimum Gasteiger partial charge on any atom is -0.429 e. The van der Waals surface area contributed by atoms with Crippen molar-refractivity contribution in [3.8, 4) is 5.75 Å². The molecule has 3 heteroatoms. The summed E-state index contributed by atoms with van der Waals surface area (Å²) in [5, 5.41) is 8.60. The number of aliphatic hydroxyl groups is 1. The minimum absolute atomic E-state index is 0.133. The Morgan fingerprint density at radius 2 is 2.00 bits per heavy atom. The zero-order chi connectivity index (χ0) is 8.81. The van der Waals surface area contributed by atoms with Crippen molar-refractivity contribution >= 4 is 6.47 Å². The maximum atomic E-state index is 9.92. The van der Waals surface area contributed by atoms with Gasteiger partial charge in [-0.2, -0.15) is 0 Å². The average molecular weight is 166 g/mol. The molecule has 0 aliphatic carbocycles. The number of aliphatic hydroxyl groups excluding tert-OH is 1. The third-order valence-corrected chi connectivity index (χ3v) is 1.51. The van der Waals surface area contributed by atoms with Gasteiger partial charge in [0.05, 0.1) is 0 Å². The van der Waals surface area contributed by atoms with Gasteiger partial charge in [0, 0.05) is 6.61 Å². The molecule has 0 spiro atoms. The lowest BCUT2D eigenvalue weighted by molar-refractivity contribution is -0.120. The Balaban J connectivity index is 2.64. The van der Waals surface area contributed by atoms with Crippen LogP contribution in [-0.2, 0) is 11.2 Å². The molecule has 0 aliphatic heterocycles. The first kappa shape index (κ1) is 8.74. The van der Waals surface area contributed by atoms with Gasteiger partial charge in [0.15, 0.2) is 0 Å². The van der Waals surface area contributed by atoms with E-state index in [2.05, 4.69) is 4.74 Å². The molecule has 0 aromatic heterocycles. The van der Waals surface area contributed by atoms with Crippen LogP contribution in [-0.4, -0.2) is 18.2 Å². The van der Waals surface area contributed by atoms with Gasteiger partial charge >= 0.3 is 0 Å². The average Bonchev–Trinajstić information content (AvgIpc) is 2.09. The zero-order valence-electron chi connectivity index (χ0n) is 6.56. The Kier molecular flexibility index (Phi) is 3.29. The van der Waals surface area contributed by atoms with Crippen molar-refractivity contribution in [2.75, 3.05) is 6.61 Å². The summed E-state index contributed by atoms with van der Waals surface area (Å²) in [5.74, 6) is 0.520. The number of benzene rings is 1. The molecule has 0 atom stereocenters. The van der Waals surface area contributed by atoms with E-state index in [-0.39, 0.29) is 6.61 Å². The van der Waals surface area contributed by atoms with Crippen LogP contribution in [0.1, 0.15) is 5.56 Å². The van der Waals surface area contributed by atoms with Crippen LogP contribution >= 0.6 is 0 Å². The van der Waals surface area contributed by atoms with Crippen molar-refractivity contribution < 1.29 is 14.6 Å². The van der Waals surface area contributed by atoms with Gasteiger partial charge in [-0.25, -0.2) is 0 Å². The van der Waals surface area contributed by atoms with Gasteiger partial charge < -0.3 is 9.84 Å². The quantitative estimate of drug-likeness (QED) is 0.671. The maximum absolute atomic E-state index is 9.92. The summed E-state index contributed by atoms with van der Waals surface area (Å²) in [4.78, 5) is 9.92. The Hall–Kier alpha value is -1.35. The van der Waals surface area contributed by atoms with Crippen molar-refractivity contribution in [2.45, 2.75) is 6.42 Å². The molecule has 12 heavy (non-hydrogen) atoms. The maximum Gasteiger partial charge on any atom is 0.298 e. The van der Waals surface area contributed by atoms with Crippen LogP contribution in [0.15, 0.2) is 24.3 Å². The minimum atomic E-state index is 0.133. The van der Waals surface area contributed by atoms with Crippen LogP contribution in [0.3, 0.4) is 0 Å². The molecule has 0 fully saturated rings. The fourth-order valence-electron chi connectivity index (χ4n) is 0.919. The topological polar surface area (TPSA) is 46.5 Å². The Labute approximate surface area is 70.6 Å². The van der Waals surface area contributed by atoms with Crippen molar-refractivity contribution in [1.82, 2.24) is 0 Å². The van der Waals surface area contributed by atoms with Crippen LogP contribution < -0.4 is 4.74 Å². The van der Waals surface area contributed by atoms with E-state index < -0.39 is 0 Å². The molecule has 0 heterocycles. The molecule has 0 bridgehead atoms. The van der Waals surface area contributed by atoms with E-state index in [1.807, 2.05) is 12.1 Å². The van der Waals surface area contributed by atoms with Gasteiger partial charge in [-0.3, -0.25) is 4.79 Å². The summed E-state index contributed by atoms with van der Waals surface area (Å²) in [6, 6.07) is 7.02. The highest BCUT2D eigenvalue weighted by atomic mass is 16.5. The first-order valence-electron chi connectivity index (χ1n) is 3.67. The summed E-state index contributed by atoms with van der Waals surface area (Å²) < 4.78 is 4.60. The molecule has 0 amide bonds. The van der Waals surface area contributed by atoms with Gasteiger partial charge in [-0.05, 0) is 24.1 Å². The van der Waals surface area contributed by atoms with Gasteiger partial charge in [0.1, 0.15) is 5.75 Å². The highest BCUT2D eigenvalue weighted by Gasteiger charge is 1.93. The number of ether oxygens (including phenoxy) is 1. The van der Waals surface area contributed by atoms with E-state index >= 15 is 0 Å². The monoisotopic (exact) mass is 166 g/mol. The number of carbonyl (C=O) groups excluding carboxylic acids is 1. The second kappa shape index (κ2) is 4.51. The smallest absolute Gasteiger partial charge is 0.298 e. The lowest BCUT2D eigenvalue weighted by Crippen LogP contribution is -1.91. The zero-order valence-corrected chi connectivity index (χ0v) is 6.56. The highest BCUT2D eigenvalue weighted by molar-refractivity contribution is 5.45. The summed E-state index contributed by atoms with van der Waals surface area (Å²) >= 11 is 0. The summed E-state index contributed by atoms with van der Waals surface area (Å²) in [5.41, 5.74) is 1.02. The van der Waals surface area contributed by atoms with Crippen LogP contribution in [0.25, 0.3) is 0 Å². The number of carbonyl (C=O) groups is 1. The van der Waals surface area contributed by atoms with E-state index in [1.54, 1.807) is 12.1 Å². The van der Waals surface area contributed by atoms with E-state index in [0.717, 1.165) is 5.56 Å². The standard InChI is InChI=1S/C9H10O3/c10-6-5-8-1-3-9(4-2-8)12-7-11/h1-4,7,10H,5-6H2. The highest BCUT2D eigenvalue weighted by Crippen LogP contribution is 2.11. The van der Waals surface area contributed by atoms with Crippen LogP contribution in [0.4, 0.5) is 0 Å². The van der Waals surface area contributed by atoms with Gasteiger partial charge in [0.2, 0.25) is 0 Å². The second-order valence-corrected chi connectivity index (χ2v) is 2.33. The fourth-order valence-corrected chi connectivity index (χ4v) is 0.919. The Morgan fingerprint density at radius 1 is 1.33 bits per heavy atom. The molecule has 1 rings (SSSR count). The Bertz CT molecular complexity index is 240. The van der Waals surface area contributed by atoms with Crippen LogP contribution in [0.2, 0.25) is 0 Å². The van der Waals surface area contributed by atoms with Gasteiger partial charge in [-0.1, -0.05) is 12.1 Å². The molecule has 3 nitrogen and oxygen atoms in total. The molecule has 64 valence electrons. The molecule has 1 N–H and O–H groups in total. The summed E-state index contributed by atoms with van der Waals surface area (Å²) in [6.07, 6.45) is 0.626. The predicted octanol–water partition coefficient (Wildman–Crippen LogP) is 0.757. The lowest BCUT2D eigenvalue weighted by Gasteiger charge is -1.99. The molecule has 0 aliphatic rings.